The third kappa shape index (κ3) is 2.86. The highest BCUT2D eigenvalue weighted by molar-refractivity contribution is 5.86. The molecule has 0 aromatic carbocycles. The molecule has 0 saturated carbocycles. The van der Waals surface area contributed by atoms with E-state index in [1.165, 1.54) is 0 Å². The molecule has 0 amide bonds. The Hall–Kier alpha value is -1.89. The summed E-state index contributed by atoms with van der Waals surface area (Å²) in [5, 5.41) is 22.8. The summed E-state index contributed by atoms with van der Waals surface area (Å²) in [6.45, 7) is 3.74. The van der Waals surface area contributed by atoms with Gasteiger partial charge in [-0.25, -0.2) is 0 Å². The number of H-pyrrole nitrogens is 1. The summed E-state index contributed by atoms with van der Waals surface area (Å²) in [6.07, 6.45) is 3.39. The summed E-state index contributed by atoms with van der Waals surface area (Å²) >= 11 is 0. The lowest BCUT2D eigenvalue weighted by atomic mass is 10.3. The molecule has 0 radical (unpaired) electrons. The predicted octanol–water partition coefficient (Wildman–Crippen LogP) is 0.969. The van der Waals surface area contributed by atoms with Crippen molar-refractivity contribution in [2.24, 2.45) is 0 Å². The van der Waals surface area contributed by atoms with E-state index in [9.17, 15) is 0 Å². The number of hydrogen-bond acceptors (Lipinski definition) is 6. The second-order valence-corrected chi connectivity index (χ2v) is 3.96. The Kier molecular flexibility index (Phi) is 4.30. The molecule has 0 aliphatic carbocycles. The first-order valence-corrected chi connectivity index (χ1v) is 6.15. The monoisotopic (exact) mass is 250 g/mol. The Balaban J connectivity index is 2.21. The van der Waals surface area contributed by atoms with Gasteiger partial charge in [-0.15, -0.1) is 0 Å². The van der Waals surface area contributed by atoms with Gasteiger partial charge >= 0.3 is 0 Å². The number of aliphatic hydroxyl groups excluding tert-OH is 1. The van der Waals surface area contributed by atoms with Gasteiger partial charge in [0, 0.05) is 19.7 Å². The molecule has 0 atom stereocenters. The molecule has 0 saturated heterocycles. The van der Waals surface area contributed by atoms with Gasteiger partial charge in [0.1, 0.15) is 5.82 Å². The number of aromatic nitrogens is 4. The summed E-state index contributed by atoms with van der Waals surface area (Å²) < 4.78 is 0. The van der Waals surface area contributed by atoms with Crippen molar-refractivity contribution in [1.29, 1.82) is 0 Å². The normalized spacial score (nSPS) is 10.8. The van der Waals surface area contributed by atoms with Crippen molar-refractivity contribution >= 4 is 22.8 Å². The third-order valence-electron chi connectivity index (χ3n) is 2.47. The minimum atomic E-state index is 0.160. The number of nitrogens with one attached hydrogen (secondary N) is 3. The smallest absolute Gasteiger partial charge is 0.226 e. The molecule has 0 bridgehead atoms. The van der Waals surface area contributed by atoms with Crippen molar-refractivity contribution in [2.75, 3.05) is 30.3 Å². The zero-order valence-corrected chi connectivity index (χ0v) is 10.4. The summed E-state index contributed by atoms with van der Waals surface area (Å²) in [7, 11) is 0. The van der Waals surface area contributed by atoms with Gasteiger partial charge < -0.3 is 15.7 Å². The first kappa shape index (κ1) is 12.6. The number of hydrogen-bond donors (Lipinski definition) is 4. The summed E-state index contributed by atoms with van der Waals surface area (Å²) in [5.41, 5.74) is 0.704. The summed E-state index contributed by atoms with van der Waals surface area (Å²) in [6, 6.07) is 0. The molecule has 0 unspecified atom stereocenters. The molecular formula is C11H18N6O. The van der Waals surface area contributed by atoms with E-state index in [0.717, 1.165) is 24.2 Å². The Morgan fingerprint density at radius 3 is 2.94 bits per heavy atom. The molecule has 0 spiro atoms. The lowest BCUT2D eigenvalue weighted by Gasteiger charge is -2.08. The quantitative estimate of drug-likeness (QED) is 0.546. The molecular weight excluding hydrogens is 232 g/mol. The Labute approximate surface area is 105 Å². The van der Waals surface area contributed by atoms with E-state index in [1.807, 2.05) is 0 Å². The highest BCUT2D eigenvalue weighted by Gasteiger charge is 2.08. The van der Waals surface area contributed by atoms with Crippen LogP contribution in [-0.4, -0.2) is 45.0 Å². The van der Waals surface area contributed by atoms with Gasteiger partial charge in [-0.05, 0) is 12.8 Å². The van der Waals surface area contributed by atoms with Crippen molar-refractivity contribution in [3.8, 4) is 0 Å². The van der Waals surface area contributed by atoms with Gasteiger partial charge in [0.15, 0.2) is 5.65 Å². The molecule has 98 valence electrons. The SMILES string of the molecule is CCCNc1nc(NCCCO)c2cn[nH]c2n1. The van der Waals surface area contributed by atoms with Crippen LogP contribution in [0.25, 0.3) is 11.0 Å². The lowest BCUT2D eigenvalue weighted by Crippen LogP contribution is -2.09. The molecule has 0 aliphatic heterocycles. The van der Waals surface area contributed by atoms with E-state index >= 15 is 0 Å². The largest absolute Gasteiger partial charge is 0.396 e. The van der Waals surface area contributed by atoms with E-state index in [1.54, 1.807) is 6.20 Å². The van der Waals surface area contributed by atoms with Gasteiger partial charge in [-0.3, -0.25) is 5.10 Å². The van der Waals surface area contributed by atoms with E-state index in [0.29, 0.717) is 24.6 Å². The highest BCUT2D eigenvalue weighted by Crippen LogP contribution is 2.19. The average Bonchev–Trinajstić information content (AvgIpc) is 2.85. The van der Waals surface area contributed by atoms with Crippen molar-refractivity contribution < 1.29 is 5.11 Å². The van der Waals surface area contributed by atoms with Crippen LogP contribution >= 0.6 is 0 Å². The minimum Gasteiger partial charge on any atom is -0.396 e. The van der Waals surface area contributed by atoms with E-state index < -0.39 is 0 Å². The number of anilines is 2. The first-order chi connectivity index (χ1) is 8.85. The highest BCUT2D eigenvalue weighted by atomic mass is 16.3. The summed E-state index contributed by atoms with van der Waals surface area (Å²) in [4.78, 5) is 8.74. The molecule has 2 heterocycles. The van der Waals surface area contributed by atoms with Crippen LogP contribution in [0.15, 0.2) is 6.20 Å². The van der Waals surface area contributed by atoms with Crippen LogP contribution in [0.2, 0.25) is 0 Å². The van der Waals surface area contributed by atoms with Gasteiger partial charge in [-0.1, -0.05) is 6.92 Å². The Morgan fingerprint density at radius 2 is 2.17 bits per heavy atom. The predicted molar refractivity (Wildman–Crippen MR) is 70.7 cm³/mol. The fourth-order valence-electron chi connectivity index (χ4n) is 1.57. The fourth-order valence-corrected chi connectivity index (χ4v) is 1.57. The standard InChI is InChI=1S/C11H18N6O/c1-2-4-13-11-15-9(12-5-3-6-18)8-7-14-17-10(8)16-11/h7,18H,2-6H2,1H3,(H3,12,13,14,15,16,17). The number of nitrogens with zero attached hydrogens (tertiary/aromatic N) is 3. The van der Waals surface area contributed by atoms with Gasteiger partial charge in [0.2, 0.25) is 5.95 Å². The number of aromatic amines is 1. The maximum absolute atomic E-state index is 8.78. The second-order valence-electron chi connectivity index (χ2n) is 3.96. The molecule has 4 N–H and O–H groups in total. The number of aliphatic hydroxyl groups is 1. The van der Waals surface area contributed by atoms with Crippen LogP contribution in [0, 0.1) is 0 Å². The molecule has 2 rings (SSSR count). The Morgan fingerprint density at radius 1 is 1.28 bits per heavy atom. The topological polar surface area (TPSA) is 98.8 Å². The van der Waals surface area contributed by atoms with Gasteiger partial charge in [-0.2, -0.15) is 15.1 Å². The first-order valence-electron chi connectivity index (χ1n) is 6.15. The zero-order chi connectivity index (χ0) is 12.8. The molecule has 2 aromatic heterocycles. The van der Waals surface area contributed by atoms with Crippen molar-refractivity contribution in [2.45, 2.75) is 19.8 Å². The van der Waals surface area contributed by atoms with Crippen LogP contribution in [0.3, 0.4) is 0 Å². The third-order valence-corrected chi connectivity index (χ3v) is 2.47. The summed E-state index contributed by atoms with van der Waals surface area (Å²) in [5.74, 6) is 1.32. The van der Waals surface area contributed by atoms with E-state index in [2.05, 4.69) is 37.7 Å². The zero-order valence-electron chi connectivity index (χ0n) is 10.4. The van der Waals surface area contributed by atoms with Crippen molar-refractivity contribution in [3.05, 3.63) is 6.20 Å². The molecule has 7 heteroatoms. The molecule has 7 nitrogen and oxygen atoms in total. The minimum absolute atomic E-state index is 0.160. The van der Waals surface area contributed by atoms with Crippen LogP contribution in [0.5, 0.6) is 0 Å². The second kappa shape index (κ2) is 6.15. The van der Waals surface area contributed by atoms with Crippen LogP contribution < -0.4 is 10.6 Å². The molecule has 0 aliphatic rings. The fraction of sp³-hybridized carbons (Fsp3) is 0.545. The molecule has 0 fully saturated rings. The van der Waals surface area contributed by atoms with Crippen molar-refractivity contribution in [3.63, 3.8) is 0 Å². The van der Waals surface area contributed by atoms with Crippen LogP contribution in [-0.2, 0) is 0 Å². The van der Waals surface area contributed by atoms with Crippen molar-refractivity contribution in [1.82, 2.24) is 20.2 Å². The molecule has 18 heavy (non-hydrogen) atoms. The van der Waals surface area contributed by atoms with Gasteiger partial charge in [0.25, 0.3) is 0 Å². The maximum atomic E-state index is 8.78. The van der Waals surface area contributed by atoms with E-state index in [-0.39, 0.29) is 6.61 Å². The van der Waals surface area contributed by atoms with E-state index in [4.69, 9.17) is 5.11 Å². The lowest BCUT2D eigenvalue weighted by molar-refractivity contribution is 0.292. The van der Waals surface area contributed by atoms with Gasteiger partial charge in [0.05, 0.1) is 11.6 Å². The Bertz CT molecular complexity index is 497. The number of fused-ring (bicyclic) bond motifs is 1. The molecule has 2 aromatic rings. The average molecular weight is 250 g/mol. The van der Waals surface area contributed by atoms with Crippen LogP contribution in [0.1, 0.15) is 19.8 Å². The van der Waals surface area contributed by atoms with Crippen LogP contribution in [0.4, 0.5) is 11.8 Å². The maximum Gasteiger partial charge on any atom is 0.226 e. The number of rotatable bonds is 7.